The number of thiocarbonyl (C=S) groups is 1. The molecule has 0 amide bonds. The van der Waals surface area contributed by atoms with Gasteiger partial charge in [0, 0.05) is 10.0 Å². The Labute approximate surface area is 178 Å². The molecule has 0 bridgehead atoms. The number of hydrogen-bond donors (Lipinski definition) is 2. The summed E-state index contributed by atoms with van der Waals surface area (Å²) in [7, 11) is 0. The van der Waals surface area contributed by atoms with Gasteiger partial charge in [-0.15, -0.1) is 0 Å². The van der Waals surface area contributed by atoms with Crippen molar-refractivity contribution < 1.29 is 0 Å². The summed E-state index contributed by atoms with van der Waals surface area (Å²) in [6.07, 6.45) is 0. The zero-order valence-electron chi connectivity index (χ0n) is 14.7. The molecule has 0 saturated heterocycles. The largest absolute Gasteiger partial charge is 0.331 e. The first-order valence-corrected chi connectivity index (χ1v) is 9.69. The molecule has 4 nitrogen and oxygen atoms in total. The minimum Gasteiger partial charge on any atom is -0.331 e. The number of nitrogens with one attached hydrogen (secondary N) is 2. The molecule has 8 heteroatoms. The first-order valence-electron chi connectivity index (χ1n) is 8.15. The molecule has 0 saturated carbocycles. The predicted molar refractivity (Wildman–Crippen MR) is 119 cm³/mol. The molecule has 0 aliphatic heterocycles. The maximum absolute atomic E-state index is 6.18. The molecule has 0 unspecified atom stereocenters. The van der Waals surface area contributed by atoms with Gasteiger partial charge in [0.1, 0.15) is 0 Å². The minimum atomic E-state index is 0.413. The fraction of sp³-hybridized carbons (Fsp3) is 0.158. The first-order chi connectivity index (χ1) is 12.8. The summed E-state index contributed by atoms with van der Waals surface area (Å²) in [5.74, 6) is 0. The second-order valence-electron chi connectivity index (χ2n) is 6.03. The first kappa shape index (κ1) is 20.0. The summed E-state index contributed by atoms with van der Waals surface area (Å²) in [4.78, 5) is 0. The van der Waals surface area contributed by atoms with Crippen molar-refractivity contribution in [3.8, 4) is 0 Å². The predicted octanol–water partition coefficient (Wildman–Crippen LogP) is 6.32. The summed E-state index contributed by atoms with van der Waals surface area (Å²) >= 11 is 23.6. The molecule has 1 aromatic heterocycles. The molecule has 0 aliphatic carbocycles. The molecule has 0 atom stereocenters. The van der Waals surface area contributed by atoms with E-state index in [0.717, 1.165) is 22.6 Å². The van der Waals surface area contributed by atoms with Gasteiger partial charge in [-0.3, -0.25) is 4.68 Å². The lowest BCUT2D eigenvalue weighted by atomic mass is 10.2. The van der Waals surface area contributed by atoms with Crippen molar-refractivity contribution in [2.45, 2.75) is 20.4 Å². The average Bonchev–Trinajstić information content (AvgIpc) is 2.87. The highest BCUT2D eigenvalue weighted by molar-refractivity contribution is 7.80. The number of aromatic nitrogens is 2. The average molecular weight is 440 g/mol. The third kappa shape index (κ3) is 4.93. The Morgan fingerprint density at radius 2 is 1.67 bits per heavy atom. The maximum Gasteiger partial charge on any atom is 0.175 e. The Kier molecular flexibility index (Phi) is 6.27. The number of nitrogens with zero attached hydrogens (tertiary/aromatic N) is 2. The second-order valence-corrected chi connectivity index (χ2v) is 7.72. The van der Waals surface area contributed by atoms with Gasteiger partial charge in [-0.05, 0) is 62.0 Å². The molecule has 0 radical (unpaired) electrons. The van der Waals surface area contributed by atoms with Gasteiger partial charge in [0.25, 0.3) is 0 Å². The van der Waals surface area contributed by atoms with Gasteiger partial charge < -0.3 is 10.6 Å². The Bertz CT molecular complexity index is 983. The summed E-state index contributed by atoms with van der Waals surface area (Å²) in [6.45, 7) is 4.57. The molecule has 3 rings (SSSR count). The number of benzene rings is 2. The number of hydrogen-bond acceptors (Lipinski definition) is 2. The summed E-state index contributed by atoms with van der Waals surface area (Å²) in [5, 5.41) is 13.1. The van der Waals surface area contributed by atoms with Crippen LogP contribution >= 0.6 is 47.0 Å². The zero-order chi connectivity index (χ0) is 19.6. The Morgan fingerprint density at radius 1 is 1.00 bits per heavy atom. The highest BCUT2D eigenvalue weighted by Gasteiger charge is 2.14. The molecular weight excluding hydrogens is 423 g/mol. The summed E-state index contributed by atoms with van der Waals surface area (Å²) in [5.41, 5.74) is 4.44. The smallest absolute Gasteiger partial charge is 0.175 e. The Balaban J connectivity index is 1.75. The van der Waals surface area contributed by atoms with Gasteiger partial charge in [0.2, 0.25) is 0 Å². The fourth-order valence-corrected chi connectivity index (χ4v) is 3.33. The van der Waals surface area contributed by atoms with E-state index in [2.05, 4.69) is 15.7 Å². The SMILES string of the molecule is Cc1nn(Cc2ccc(Cl)cc2)c(C)c1NC(=S)Nc1cc(Cl)ccc1Cl. The summed E-state index contributed by atoms with van der Waals surface area (Å²) in [6, 6.07) is 12.9. The zero-order valence-corrected chi connectivity index (χ0v) is 17.8. The number of anilines is 2. The van der Waals surface area contributed by atoms with E-state index in [9.17, 15) is 0 Å². The molecule has 0 spiro atoms. The lowest BCUT2D eigenvalue weighted by Crippen LogP contribution is -2.20. The highest BCUT2D eigenvalue weighted by Crippen LogP contribution is 2.26. The van der Waals surface area contributed by atoms with Crippen molar-refractivity contribution in [2.24, 2.45) is 0 Å². The number of rotatable bonds is 4. The van der Waals surface area contributed by atoms with Crippen LogP contribution in [0.5, 0.6) is 0 Å². The van der Waals surface area contributed by atoms with Crippen LogP contribution in [0.15, 0.2) is 42.5 Å². The van der Waals surface area contributed by atoms with Crippen LogP contribution in [0, 0.1) is 13.8 Å². The van der Waals surface area contributed by atoms with Gasteiger partial charge in [-0.25, -0.2) is 0 Å². The van der Waals surface area contributed by atoms with Gasteiger partial charge in [0.15, 0.2) is 5.11 Å². The standard InChI is InChI=1S/C19H17Cl3N4S/c1-11-18(24-19(27)23-17-9-15(21)7-8-16(17)22)12(2)26(25-11)10-13-3-5-14(20)6-4-13/h3-9H,10H2,1-2H3,(H2,23,24,27). The molecular formula is C19H17Cl3N4S. The van der Waals surface area contributed by atoms with E-state index in [1.807, 2.05) is 42.8 Å². The highest BCUT2D eigenvalue weighted by atomic mass is 35.5. The maximum atomic E-state index is 6.18. The van der Waals surface area contributed by atoms with E-state index < -0.39 is 0 Å². The van der Waals surface area contributed by atoms with E-state index in [0.29, 0.717) is 32.4 Å². The molecule has 2 aromatic carbocycles. The van der Waals surface area contributed by atoms with Crippen LogP contribution in [0.1, 0.15) is 17.0 Å². The van der Waals surface area contributed by atoms with E-state index >= 15 is 0 Å². The van der Waals surface area contributed by atoms with Crippen molar-refractivity contribution >= 4 is 63.5 Å². The molecule has 3 aromatic rings. The number of aryl methyl sites for hydroxylation is 1. The molecule has 1 heterocycles. The quantitative estimate of drug-likeness (QED) is 0.467. The van der Waals surface area contributed by atoms with Gasteiger partial charge in [0.05, 0.1) is 34.3 Å². The molecule has 140 valence electrons. The van der Waals surface area contributed by atoms with Crippen molar-refractivity contribution in [1.82, 2.24) is 9.78 Å². The van der Waals surface area contributed by atoms with E-state index in [1.54, 1.807) is 18.2 Å². The van der Waals surface area contributed by atoms with E-state index in [-0.39, 0.29) is 0 Å². The van der Waals surface area contributed by atoms with Gasteiger partial charge >= 0.3 is 0 Å². The van der Waals surface area contributed by atoms with Crippen LogP contribution < -0.4 is 10.6 Å². The Morgan fingerprint density at radius 3 is 2.37 bits per heavy atom. The monoisotopic (exact) mass is 438 g/mol. The van der Waals surface area contributed by atoms with Crippen LogP contribution in [0.25, 0.3) is 0 Å². The number of halogens is 3. The Hall–Kier alpha value is -1.79. The molecule has 27 heavy (non-hydrogen) atoms. The van der Waals surface area contributed by atoms with Crippen LogP contribution in [0.4, 0.5) is 11.4 Å². The van der Waals surface area contributed by atoms with Crippen molar-refractivity contribution in [1.29, 1.82) is 0 Å². The lowest BCUT2D eigenvalue weighted by Gasteiger charge is -2.12. The van der Waals surface area contributed by atoms with Crippen LogP contribution in [-0.2, 0) is 6.54 Å². The molecule has 0 aliphatic rings. The fourth-order valence-electron chi connectivity index (χ4n) is 2.65. The van der Waals surface area contributed by atoms with E-state index in [4.69, 9.17) is 47.0 Å². The normalized spacial score (nSPS) is 10.7. The lowest BCUT2D eigenvalue weighted by molar-refractivity contribution is 0.659. The molecule has 2 N–H and O–H groups in total. The third-order valence-corrected chi connectivity index (χ3v) is 5.06. The third-order valence-electron chi connectivity index (χ3n) is 4.04. The van der Waals surface area contributed by atoms with Gasteiger partial charge in [-0.1, -0.05) is 46.9 Å². The van der Waals surface area contributed by atoms with Crippen molar-refractivity contribution in [3.05, 3.63) is 74.5 Å². The second kappa shape index (κ2) is 8.48. The van der Waals surface area contributed by atoms with E-state index in [1.165, 1.54) is 0 Å². The van der Waals surface area contributed by atoms with Crippen LogP contribution in [0.2, 0.25) is 15.1 Å². The van der Waals surface area contributed by atoms with Crippen molar-refractivity contribution in [2.75, 3.05) is 10.6 Å². The van der Waals surface area contributed by atoms with Gasteiger partial charge in [-0.2, -0.15) is 5.10 Å². The van der Waals surface area contributed by atoms with Crippen LogP contribution in [0.3, 0.4) is 0 Å². The molecule has 0 fully saturated rings. The minimum absolute atomic E-state index is 0.413. The summed E-state index contributed by atoms with van der Waals surface area (Å²) < 4.78 is 1.93. The van der Waals surface area contributed by atoms with Crippen LogP contribution in [-0.4, -0.2) is 14.9 Å². The van der Waals surface area contributed by atoms with Crippen molar-refractivity contribution in [3.63, 3.8) is 0 Å². The topological polar surface area (TPSA) is 41.9 Å².